The Morgan fingerprint density at radius 3 is 2.41 bits per heavy atom. The molecule has 0 saturated carbocycles. The van der Waals surface area contributed by atoms with E-state index in [0.717, 1.165) is 5.11 Å². The van der Waals surface area contributed by atoms with Crippen molar-refractivity contribution in [2.45, 2.75) is 65.0 Å². The van der Waals surface area contributed by atoms with Crippen molar-refractivity contribution in [3.05, 3.63) is 0 Å². The van der Waals surface area contributed by atoms with Crippen molar-refractivity contribution >= 4 is 17.3 Å². The quantitative estimate of drug-likeness (QED) is 0.625. The molecule has 0 aliphatic rings. The van der Waals surface area contributed by atoms with Crippen LogP contribution in [-0.4, -0.2) is 30.9 Å². The van der Waals surface area contributed by atoms with Crippen LogP contribution in [-0.2, 0) is 4.74 Å². The number of hydrogen-bond donors (Lipinski definition) is 2. The van der Waals surface area contributed by atoms with Gasteiger partial charge in [0.25, 0.3) is 0 Å². The summed E-state index contributed by atoms with van der Waals surface area (Å²) in [7, 11) is 1.70. The van der Waals surface area contributed by atoms with Crippen LogP contribution in [0.4, 0.5) is 0 Å². The second-order valence-corrected chi connectivity index (χ2v) is 5.01. The predicted molar refractivity (Wildman–Crippen MR) is 78.4 cm³/mol. The van der Waals surface area contributed by atoms with Gasteiger partial charge in [0.1, 0.15) is 0 Å². The van der Waals surface area contributed by atoms with Crippen molar-refractivity contribution in [1.82, 2.24) is 10.6 Å². The number of thiocarbonyl (C=S) groups is 1. The largest absolute Gasteiger partial charge is 0.383 e. The highest BCUT2D eigenvalue weighted by molar-refractivity contribution is 7.80. The highest BCUT2D eigenvalue weighted by Gasteiger charge is 2.10. The Labute approximate surface area is 112 Å². The molecule has 0 aromatic carbocycles. The van der Waals surface area contributed by atoms with E-state index in [1.807, 2.05) is 0 Å². The molecular formula is C13H28N2OS. The molecule has 2 atom stereocenters. The first-order valence-corrected chi connectivity index (χ1v) is 7.10. The Kier molecular flexibility index (Phi) is 10.6. The Morgan fingerprint density at radius 2 is 1.88 bits per heavy atom. The maximum atomic E-state index is 5.31. The third-order valence-electron chi connectivity index (χ3n) is 2.67. The summed E-state index contributed by atoms with van der Waals surface area (Å²) in [5.74, 6) is 0. The lowest BCUT2D eigenvalue weighted by Gasteiger charge is -2.22. The van der Waals surface area contributed by atoms with Crippen LogP contribution in [0.1, 0.15) is 52.9 Å². The Balaban J connectivity index is 3.93. The predicted octanol–water partition coefficient (Wildman–Crippen LogP) is 2.84. The number of unbranched alkanes of at least 4 members (excludes halogenated alkanes) is 1. The lowest BCUT2D eigenvalue weighted by Crippen LogP contribution is -2.46. The van der Waals surface area contributed by atoms with Crippen molar-refractivity contribution in [2.75, 3.05) is 13.7 Å². The molecule has 0 amide bonds. The normalized spacial score (nSPS) is 14.1. The van der Waals surface area contributed by atoms with Crippen molar-refractivity contribution < 1.29 is 4.74 Å². The molecular weight excluding hydrogens is 232 g/mol. The number of ether oxygens (including phenoxy) is 1. The van der Waals surface area contributed by atoms with Crippen LogP contribution in [0.3, 0.4) is 0 Å². The van der Waals surface area contributed by atoms with Gasteiger partial charge in [-0.15, -0.1) is 0 Å². The molecule has 3 nitrogen and oxygen atoms in total. The molecule has 0 fully saturated rings. The van der Waals surface area contributed by atoms with Crippen LogP contribution in [0.15, 0.2) is 0 Å². The fourth-order valence-electron chi connectivity index (χ4n) is 1.83. The molecule has 4 heteroatoms. The molecule has 0 spiro atoms. The van der Waals surface area contributed by atoms with Gasteiger partial charge in [0, 0.05) is 19.2 Å². The summed E-state index contributed by atoms with van der Waals surface area (Å²) < 4.78 is 5.07. The van der Waals surface area contributed by atoms with Gasteiger partial charge in [-0.3, -0.25) is 0 Å². The standard InChI is InChI=1S/C13H28N2OS/c1-5-7-9-12(8-6-2)15-13(17)14-11(3)10-16-4/h11-12H,5-10H2,1-4H3,(H2,14,15,17). The van der Waals surface area contributed by atoms with E-state index in [1.165, 1.54) is 32.1 Å². The average molecular weight is 260 g/mol. The van der Waals surface area contributed by atoms with Crippen molar-refractivity contribution in [1.29, 1.82) is 0 Å². The highest BCUT2D eigenvalue weighted by atomic mass is 32.1. The third kappa shape index (κ3) is 9.36. The lowest BCUT2D eigenvalue weighted by molar-refractivity contribution is 0.179. The van der Waals surface area contributed by atoms with Crippen LogP contribution in [0.2, 0.25) is 0 Å². The zero-order valence-corrected chi connectivity index (χ0v) is 12.5. The summed E-state index contributed by atoms with van der Waals surface area (Å²) in [6.07, 6.45) is 6.07. The Hall–Kier alpha value is -0.350. The third-order valence-corrected chi connectivity index (χ3v) is 2.91. The average Bonchev–Trinajstić information content (AvgIpc) is 2.26. The minimum absolute atomic E-state index is 0.258. The molecule has 102 valence electrons. The second-order valence-electron chi connectivity index (χ2n) is 4.60. The first-order chi connectivity index (χ1) is 8.13. The van der Waals surface area contributed by atoms with E-state index in [2.05, 4.69) is 31.4 Å². The highest BCUT2D eigenvalue weighted by Crippen LogP contribution is 2.06. The van der Waals surface area contributed by atoms with Crippen molar-refractivity contribution in [3.8, 4) is 0 Å². The van der Waals surface area contributed by atoms with Crippen molar-refractivity contribution in [3.63, 3.8) is 0 Å². The molecule has 0 aliphatic carbocycles. The van der Waals surface area contributed by atoms with E-state index in [1.54, 1.807) is 7.11 Å². The SMILES string of the molecule is CCCCC(CCC)NC(=S)NC(C)COC. The van der Waals surface area contributed by atoms with E-state index in [0.29, 0.717) is 12.6 Å². The van der Waals surface area contributed by atoms with Crippen LogP contribution in [0, 0.1) is 0 Å². The van der Waals surface area contributed by atoms with E-state index in [-0.39, 0.29) is 6.04 Å². The van der Waals surface area contributed by atoms with Gasteiger partial charge in [0.2, 0.25) is 0 Å². The van der Waals surface area contributed by atoms with Gasteiger partial charge in [-0.05, 0) is 32.0 Å². The van der Waals surface area contributed by atoms with Gasteiger partial charge in [-0.25, -0.2) is 0 Å². The van der Waals surface area contributed by atoms with Crippen molar-refractivity contribution in [2.24, 2.45) is 0 Å². The number of hydrogen-bond acceptors (Lipinski definition) is 2. The van der Waals surface area contributed by atoms with Gasteiger partial charge >= 0.3 is 0 Å². The van der Waals surface area contributed by atoms with Gasteiger partial charge < -0.3 is 15.4 Å². The smallest absolute Gasteiger partial charge is 0.166 e. The summed E-state index contributed by atoms with van der Waals surface area (Å²) in [5, 5.41) is 7.40. The fraction of sp³-hybridized carbons (Fsp3) is 0.923. The molecule has 0 rings (SSSR count). The maximum Gasteiger partial charge on any atom is 0.166 e. The zero-order valence-electron chi connectivity index (χ0n) is 11.7. The minimum atomic E-state index is 0.258. The summed E-state index contributed by atoms with van der Waals surface area (Å²) >= 11 is 5.31. The second kappa shape index (κ2) is 10.8. The maximum absolute atomic E-state index is 5.31. The van der Waals surface area contributed by atoms with Crippen LogP contribution >= 0.6 is 12.2 Å². The molecule has 2 unspecified atom stereocenters. The summed E-state index contributed by atoms with van der Waals surface area (Å²) in [6.45, 7) is 7.18. The molecule has 2 N–H and O–H groups in total. The molecule has 0 aromatic rings. The monoisotopic (exact) mass is 260 g/mol. The van der Waals surface area contributed by atoms with E-state index < -0.39 is 0 Å². The molecule has 0 bridgehead atoms. The molecule has 0 radical (unpaired) electrons. The topological polar surface area (TPSA) is 33.3 Å². The van der Waals surface area contributed by atoms with Gasteiger partial charge in [-0.1, -0.05) is 33.1 Å². The first-order valence-electron chi connectivity index (χ1n) is 6.69. The Bertz CT molecular complexity index is 200. The molecule has 0 aromatic heterocycles. The molecule has 0 heterocycles. The summed E-state index contributed by atoms with van der Waals surface area (Å²) in [4.78, 5) is 0. The zero-order chi connectivity index (χ0) is 13.1. The number of methoxy groups -OCH3 is 1. The number of nitrogens with one attached hydrogen (secondary N) is 2. The van der Waals surface area contributed by atoms with Crippen LogP contribution in [0.5, 0.6) is 0 Å². The van der Waals surface area contributed by atoms with E-state index in [9.17, 15) is 0 Å². The minimum Gasteiger partial charge on any atom is -0.383 e. The van der Waals surface area contributed by atoms with Gasteiger partial charge in [0.05, 0.1) is 6.61 Å². The van der Waals surface area contributed by atoms with Gasteiger partial charge in [-0.2, -0.15) is 0 Å². The Morgan fingerprint density at radius 1 is 1.18 bits per heavy atom. The van der Waals surface area contributed by atoms with E-state index >= 15 is 0 Å². The molecule has 17 heavy (non-hydrogen) atoms. The molecule has 0 aliphatic heterocycles. The summed E-state index contributed by atoms with van der Waals surface area (Å²) in [5.41, 5.74) is 0. The van der Waals surface area contributed by atoms with Gasteiger partial charge in [0.15, 0.2) is 5.11 Å². The number of rotatable bonds is 9. The fourth-order valence-corrected chi connectivity index (χ4v) is 2.20. The molecule has 0 saturated heterocycles. The van der Waals surface area contributed by atoms with Crippen LogP contribution < -0.4 is 10.6 Å². The van der Waals surface area contributed by atoms with E-state index in [4.69, 9.17) is 17.0 Å². The van der Waals surface area contributed by atoms with Crippen LogP contribution in [0.25, 0.3) is 0 Å². The summed E-state index contributed by atoms with van der Waals surface area (Å²) in [6, 6.07) is 0.767. The first kappa shape index (κ1) is 16.6. The lowest BCUT2D eigenvalue weighted by atomic mass is 10.1.